The standard InChI is InChI=1S/C23H12ClNO4/c24-20-18(23(28)29-12-14-7-5-13(11-25)6-8-14)10-9-17-19(20)22(27)16-4-2-1-3-15(16)21(17)26/h1-10H,12H2. The molecule has 0 heterocycles. The number of halogens is 1. The maximum atomic E-state index is 12.9. The van der Waals surface area contributed by atoms with Crippen molar-refractivity contribution in [1.29, 1.82) is 5.26 Å². The van der Waals surface area contributed by atoms with Crippen LogP contribution in [0, 0.1) is 11.3 Å². The van der Waals surface area contributed by atoms with Gasteiger partial charge in [0.2, 0.25) is 0 Å². The molecule has 3 aromatic rings. The van der Waals surface area contributed by atoms with Gasteiger partial charge in [0.25, 0.3) is 0 Å². The Morgan fingerprint density at radius 1 is 0.897 bits per heavy atom. The highest BCUT2D eigenvalue weighted by atomic mass is 35.5. The first-order valence-corrected chi connectivity index (χ1v) is 9.06. The molecule has 5 nitrogen and oxygen atoms in total. The molecule has 0 radical (unpaired) electrons. The van der Waals surface area contributed by atoms with Crippen molar-refractivity contribution in [2.24, 2.45) is 0 Å². The number of rotatable bonds is 3. The summed E-state index contributed by atoms with van der Waals surface area (Å²) in [4.78, 5) is 38.1. The quantitative estimate of drug-likeness (QED) is 0.476. The minimum absolute atomic E-state index is 0.0135. The molecule has 4 rings (SSSR count). The Morgan fingerprint density at radius 3 is 2.21 bits per heavy atom. The number of benzene rings is 3. The molecule has 0 saturated carbocycles. The lowest BCUT2D eigenvalue weighted by Gasteiger charge is -2.19. The normalized spacial score (nSPS) is 12.0. The van der Waals surface area contributed by atoms with Gasteiger partial charge in [-0.15, -0.1) is 0 Å². The third-order valence-electron chi connectivity index (χ3n) is 4.70. The molecule has 0 aromatic heterocycles. The van der Waals surface area contributed by atoms with E-state index in [1.54, 1.807) is 48.5 Å². The van der Waals surface area contributed by atoms with E-state index in [1.165, 1.54) is 12.1 Å². The van der Waals surface area contributed by atoms with Crippen LogP contribution in [0.3, 0.4) is 0 Å². The highest BCUT2D eigenvalue weighted by molar-refractivity contribution is 6.41. The first kappa shape index (κ1) is 18.6. The Bertz CT molecular complexity index is 1220. The Morgan fingerprint density at radius 2 is 1.55 bits per heavy atom. The number of carbonyl (C=O) groups is 3. The average Bonchev–Trinajstić information content (AvgIpc) is 2.76. The number of ether oxygens (including phenoxy) is 1. The third kappa shape index (κ3) is 3.20. The molecule has 0 amide bonds. The minimum atomic E-state index is -0.707. The number of hydrogen-bond donors (Lipinski definition) is 0. The molecule has 0 N–H and O–H groups in total. The third-order valence-corrected chi connectivity index (χ3v) is 5.10. The zero-order valence-electron chi connectivity index (χ0n) is 14.9. The molecule has 0 atom stereocenters. The minimum Gasteiger partial charge on any atom is -0.457 e. The van der Waals surface area contributed by atoms with Gasteiger partial charge in [0.05, 0.1) is 27.8 Å². The van der Waals surface area contributed by atoms with Crippen molar-refractivity contribution in [2.45, 2.75) is 6.61 Å². The van der Waals surface area contributed by atoms with E-state index in [2.05, 4.69) is 0 Å². The second-order valence-corrected chi connectivity index (χ2v) is 6.82. The van der Waals surface area contributed by atoms with Crippen molar-refractivity contribution < 1.29 is 19.1 Å². The van der Waals surface area contributed by atoms with E-state index in [0.717, 1.165) is 0 Å². The van der Waals surface area contributed by atoms with Crippen LogP contribution in [-0.4, -0.2) is 17.5 Å². The Hall–Kier alpha value is -3.75. The van der Waals surface area contributed by atoms with Crippen molar-refractivity contribution in [3.63, 3.8) is 0 Å². The molecule has 0 saturated heterocycles. The zero-order chi connectivity index (χ0) is 20.5. The smallest absolute Gasteiger partial charge is 0.340 e. The lowest BCUT2D eigenvalue weighted by Crippen LogP contribution is -2.22. The highest BCUT2D eigenvalue weighted by Crippen LogP contribution is 2.34. The van der Waals surface area contributed by atoms with Gasteiger partial charge in [0.1, 0.15) is 6.61 Å². The van der Waals surface area contributed by atoms with Gasteiger partial charge in [-0.3, -0.25) is 9.59 Å². The first-order valence-electron chi connectivity index (χ1n) is 8.68. The fraction of sp³-hybridized carbons (Fsp3) is 0.0435. The first-order chi connectivity index (χ1) is 14.0. The van der Waals surface area contributed by atoms with Crippen LogP contribution in [-0.2, 0) is 11.3 Å². The van der Waals surface area contributed by atoms with Gasteiger partial charge < -0.3 is 4.74 Å². The van der Waals surface area contributed by atoms with Gasteiger partial charge >= 0.3 is 5.97 Å². The molecule has 1 aliphatic rings. The van der Waals surface area contributed by atoms with Crippen LogP contribution < -0.4 is 0 Å². The van der Waals surface area contributed by atoms with Crippen LogP contribution in [0.25, 0.3) is 0 Å². The number of carbonyl (C=O) groups excluding carboxylic acids is 3. The number of hydrogen-bond acceptors (Lipinski definition) is 5. The molecule has 0 bridgehead atoms. The van der Waals surface area contributed by atoms with Crippen molar-refractivity contribution >= 4 is 29.1 Å². The summed E-state index contributed by atoms with van der Waals surface area (Å²) in [5, 5.41) is 8.73. The van der Waals surface area contributed by atoms with E-state index < -0.39 is 11.8 Å². The van der Waals surface area contributed by atoms with Gasteiger partial charge in [-0.2, -0.15) is 5.26 Å². The van der Waals surface area contributed by atoms with Crippen LogP contribution in [0.5, 0.6) is 0 Å². The predicted octanol–water partition coefficient (Wildman–Crippen LogP) is 4.34. The Balaban J connectivity index is 1.63. The summed E-state index contributed by atoms with van der Waals surface area (Å²) >= 11 is 6.36. The summed E-state index contributed by atoms with van der Waals surface area (Å²) in [7, 11) is 0. The maximum Gasteiger partial charge on any atom is 0.340 e. The molecule has 140 valence electrons. The molecular weight excluding hydrogens is 390 g/mol. The maximum absolute atomic E-state index is 12.9. The van der Waals surface area contributed by atoms with Gasteiger partial charge in [-0.25, -0.2) is 4.79 Å². The van der Waals surface area contributed by atoms with E-state index in [-0.39, 0.29) is 39.7 Å². The van der Waals surface area contributed by atoms with E-state index >= 15 is 0 Å². The van der Waals surface area contributed by atoms with Crippen molar-refractivity contribution in [3.05, 3.63) is 105 Å². The van der Waals surface area contributed by atoms with Crippen LogP contribution >= 0.6 is 11.6 Å². The zero-order valence-corrected chi connectivity index (χ0v) is 15.7. The monoisotopic (exact) mass is 401 g/mol. The molecule has 6 heteroatoms. The molecule has 0 unspecified atom stereocenters. The fourth-order valence-corrected chi connectivity index (χ4v) is 3.53. The molecule has 0 spiro atoms. The van der Waals surface area contributed by atoms with Gasteiger partial charge in [0.15, 0.2) is 11.6 Å². The van der Waals surface area contributed by atoms with Crippen LogP contribution in [0.1, 0.15) is 53.3 Å². The van der Waals surface area contributed by atoms with E-state index in [9.17, 15) is 14.4 Å². The molecule has 3 aromatic carbocycles. The largest absolute Gasteiger partial charge is 0.457 e. The van der Waals surface area contributed by atoms with Crippen LogP contribution in [0.15, 0.2) is 60.7 Å². The summed E-state index contributed by atoms with van der Waals surface area (Å²) < 4.78 is 5.29. The predicted molar refractivity (Wildman–Crippen MR) is 105 cm³/mol. The Kier molecular flexibility index (Phi) is 4.71. The number of nitriles is 1. The topological polar surface area (TPSA) is 84.2 Å². The number of fused-ring (bicyclic) bond motifs is 2. The van der Waals surface area contributed by atoms with Crippen molar-refractivity contribution in [2.75, 3.05) is 0 Å². The summed E-state index contributed by atoms with van der Waals surface area (Å²) in [5.74, 6) is -1.42. The van der Waals surface area contributed by atoms with Gasteiger partial charge in [-0.05, 0) is 29.8 Å². The second-order valence-electron chi connectivity index (χ2n) is 6.44. The number of ketones is 2. The summed E-state index contributed by atoms with van der Waals surface area (Å²) in [5.41, 5.74) is 1.98. The van der Waals surface area contributed by atoms with Crippen molar-refractivity contribution in [3.8, 4) is 6.07 Å². The van der Waals surface area contributed by atoms with E-state index in [1.807, 2.05) is 6.07 Å². The summed E-state index contributed by atoms with van der Waals surface area (Å²) in [6.45, 7) is -0.0202. The molecule has 1 aliphatic carbocycles. The van der Waals surface area contributed by atoms with Crippen molar-refractivity contribution in [1.82, 2.24) is 0 Å². The SMILES string of the molecule is N#Cc1ccc(COC(=O)c2ccc3c(c2Cl)C(=O)c2ccccc2C3=O)cc1. The summed E-state index contributed by atoms with van der Waals surface area (Å²) in [6, 6.07) is 17.9. The lowest BCUT2D eigenvalue weighted by atomic mass is 9.83. The number of nitrogens with zero attached hydrogens (tertiary/aromatic N) is 1. The van der Waals surface area contributed by atoms with E-state index in [0.29, 0.717) is 16.7 Å². The van der Waals surface area contributed by atoms with Gasteiger partial charge in [0, 0.05) is 16.7 Å². The molecule has 0 aliphatic heterocycles. The van der Waals surface area contributed by atoms with Crippen LogP contribution in [0.4, 0.5) is 0 Å². The second kappa shape index (κ2) is 7.34. The highest BCUT2D eigenvalue weighted by Gasteiger charge is 2.33. The summed E-state index contributed by atoms with van der Waals surface area (Å²) in [6.07, 6.45) is 0. The molecular formula is C23H12ClNO4. The average molecular weight is 402 g/mol. The molecule has 0 fully saturated rings. The number of esters is 1. The lowest BCUT2D eigenvalue weighted by molar-refractivity contribution is 0.0472. The Labute approximate surface area is 171 Å². The van der Waals surface area contributed by atoms with Crippen LogP contribution in [0.2, 0.25) is 5.02 Å². The fourth-order valence-electron chi connectivity index (χ4n) is 3.21. The molecule has 29 heavy (non-hydrogen) atoms. The van der Waals surface area contributed by atoms with Gasteiger partial charge in [-0.1, -0.05) is 48.0 Å². The van der Waals surface area contributed by atoms with E-state index in [4.69, 9.17) is 21.6 Å².